The van der Waals surface area contributed by atoms with Gasteiger partial charge in [0.2, 0.25) is 0 Å². The number of rotatable bonds is 6. The van der Waals surface area contributed by atoms with Crippen molar-refractivity contribution in [3.63, 3.8) is 0 Å². The van der Waals surface area contributed by atoms with Gasteiger partial charge >= 0.3 is 0 Å². The summed E-state index contributed by atoms with van der Waals surface area (Å²) in [6.45, 7) is 3.74. The molecule has 0 saturated carbocycles. The molecule has 1 atom stereocenters. The van der Waals surface area contributed by atoms with Crippen molar-refractivity contribution in [2.75, 3.05) is 57.2 Å². The molecule has 3 aliphatic rings. The molecule has 2 aromatic rings. The monoisotopic (exact) mass is 502 g/mol. The molecule has 0 radical (unpaired) electrons. The van der Waals surface area contributed by atoms with Crippen LogP contribution in [0, 0.1) is 0 Å². The highest BCUT2D eigenvalue weighted by molar-refractivity contribution is 8.15. The lowest BCUT2D eigenvalue weighted by Gasteiger charge is -2.35. The second kappa shape index (κ2) is 9.57. The molecule has 1 N–H and O–H groups in total. The Kier molecular flexibility index (Phi) is 6.52. The Balaban J connectivity index is 1.31. The third-order valence-electron chi connectivity index (χ3n) is 6.18. The first-order chi connectivity index (χ1) is 16.4. The molecule has 11 heteroatoms. The van der Waals surface area contributed by atoms with E-state index in [1.165, 1.54) is 11.8 Å². The van der Waals surface area contributed by atoms with E-state index in [0.717, 1.165) is 35.0 Å². The molecule has 34 heavy (non-hydrogen) atoms. The van der Waals surface area contributed by atoms with Crippen molar-refractivity contribution in [3.05, 3.63) is 53.6 Å². The van der Waals surface area contributed by atoms with Crippen molar-refractivity contribution in [2.24, 2.45) is 4.40 Å². The van der Waals surface area contributed by atoms with Crippen LogP contribution < -0.4 is 15.0 Å². The molecule has 3 aliphatic heterocycles. The van der Waals surface area contributed by atoms with Gasteiger partial charge in [-0.2, -0.15) is 0 Å². The summed E-state index contributed by atoms with van der Waals surface area (Å²) < 4.78 is 38.4. The van der Waals surface area contributed by atoms with Crippen LogP contribution in [0.3, 0.4) is 0 Å². The maximum Gasteiger partial charge on any atom is 0.257 e. The third kappa shape index (κ3) is 4.78. The van der Waals surface area contributed by atoms with E-state index >= 15 is 0 Å². The van der Waals surface area contributed by atoms with Crippen molar-refractivity contribution in [2.45, 2.75) is 10.9 Å². The zero-order valence-corrected chi connectivity index (χ0v) is 20.4. The quantitative estimate of drug-likeness (QED) is 0.641. The van der Waals surface area contributed by atoms with E-state index in [0.29, 0.717) is 37.0 Å². The Bertz CT molecular complexity index is 1210. The zero-order chi connectivity index (χ0) is 23.7. The summed E-state index contributed by atoms with van der Waals surface area (Å²) >= 11 is 1.28. The fourth-order valence-electron chi connectivity index (χ4n) is 4.34. The number of sulfonamides is 1. The van der Waals surface area contributed by atoms with E-state index in [-0.39, 0.29) is 17.7 Å². The van der Waals surface area contributed by atoms with E-state index in [1.807, 2.05) is 35.2 Å². The van der Waals surface area contributed by atoms with Gasteiger partial charge in [0.15, 0.2) is 5.17 Å². The van der Waals surface area contributed by atoms with E-state index in [9.17, 15) is 13.2 Å². The number of morpholine rings is 1. The molecule has 1 fully saturated rings. The number of carbonyl (C=O) groups is 1. The molecular weight excluding hydrogens is 476 g/mol. The van der Waals surface area contributed by atoms with Gasteiger partial charge in [0.05, 0.1) is 37.8 Å². The molecular formula is C23H26N4O5S2. The number of nitrogens with one attached hydrogen (secondary N) is 1. The van der Waals surface area contributed by atoms with Crippen LogP contribution in [-0.2, 0) is 14.8 Å². The molecule has 0 bridgehead atoms. The smallest absolute Gasteiger partial charge is 0.257 e. The van der Waals surface area contributed by atoms with Crippen molar-refractivity contribution in [1.82, 2.24) is 10.2 Å². The first kappa shape index (κ1) is 23.2. The highest BCUT2D eigenvalue weighted by Gasteiger charge is 2.33. The van der Waals surface area contributed by atoms with Gasteiger partial charge in [-0.05, 0) is 47.7 Å². The van der Waals surface area contributed by atoms with Crippen LogP contribution in [-0.4, -0.2) is 76.6 Å². The minimum absolute atomic E-state index is 0.00692. The second-order valence-corrected chi connectivity index (χ2v) is 11.0. The molecule has 0 aromatic heterocycles. The number of amides is 1. The first-order valence-electron chi connectivity index (χ1n) is 11.1. The summed E-state index contributed by atoms with van der Waals surface area (Å²) in [7, 11) is -1.78. The van der Waals surface area contributed by atoms with E-state index in [2.05, 4.69) is 14.6 Å². The summed E-state index contributed by atoms with van der Waals surface area (Å²) in [6.07, 6.45) is 0. The maximum absolute atomic E-state index is 13.1. The van der Waals surface area contributed by atoms with Gasteiger partial charge in [0.1, 0.15) is 5.75 Å². The number of methoxy groups -OCH3 is 1. The van der Waals surface area contributed by atoms with Gasteiger partial charge in [0, 0.05) is 36.6 Å². The molecule has 180 valence electrons. The van der Waals surface area contributed by atoms with E-state index < -0.39 is 10.0 Å². The number of anilines is 1. The summed E-state index contributed by atoms with van der Waals surface area (Å²) in [6, 6.07) is 13.4. The van der Waals surface area contributed by atoms with E-state index in [4.69, 9.17) is 9.47 Å². The fourth-order valence-corrected chi connectivity index (χ4v) is 6.63. The van der Waals surface area contributed by atoms with Crippen LogP contribution in [0.15, 0.2) is 51.8 Å². The summed E-state index contributed by atoms with van der Waals surface area (Å²) in [5.74, 6) is 0.611. The molecule has 0 unspecified atom stereocenters. The number of hydrogen-bond donors (Lipinski definition) is 1. The number of hydrogen-bond acceptors (Lipinski definition) is 8. The van der Waals surface area contributed by atoms with Crippen LogP contribution in [0.2, 0.25) is 0 Å². The van der Waals surface area contributed by atoms with Crippen LogP contribution in [0.1, 0.15) is 22.0 Å². The number of thioether (sulfide) groups is 1. The van der Waals surface area contributed by atoms with Gasteiger partial charge < -0.3 is 19.7 Å². The number of benzene rings is 2. The molecule has 3 heterocycles. The number of amidine groups is 1. The van der Waals surface area contributed by atoms with Crippen LogP contribution in [0.5, 0.6) is 5.75 Å². The third-order valence-corrected chi connectivity index (χ3v) is 8.48. The Morgan fingerprint density at radius 3 is 2.68 bits per heavy atom. The number of fused-ring (bicyclic) bond motifs is 3. The standard InChI is InChI=1S/C23H26N4O5S2/c1-31-18-5-2-16(3-6-18)20(26-8-11-32-12-9-26)15-24-22(28)17-4-7-19-21(14-17)33-23-25-34(29,30)13-10-27(19)23/h2-7,14,20H,8-13,15H2,1H3,(H,24,28)/t20-/m1/s1. The lowest BCUT2D eigenvalue weighted by Crippen LogP contribution is -2.43. The van der Waals surface area contributed by atoms with Crippen molar-refractivity contribution < 1.29 is 22.7 Å². The predicted octanol–water partition coefficient (Wildman–Crippen LogP) is 2.11. The molecule has 5 rings (SSSR count). The average molecular weight is 503 g/mol. The number of ether oxygens (including phenoxy) is 2. The fraction of sp³-hybridized carbons (Fsp3) is 0.391. The molecule has 9 nitrogen and oxygen atoms in total. The average Bonchev–Trinajstić information content (AvgIpc) is 3.20. The van der Waals surface area contributed by atoms with Crippen LogP contribution in [0.4, 0.5) is 5.69 Å². The lowest BCUT2D eigenvalue weighted by molar-refractivity contribution is 0.0162. The molecule has 0 aliphatic carbocycles. The van der Waals surface area contributed by atoms with E-state index in [1.54, 1.807) is 19.2 Å². The largest absolute Gasteiger partial charge is 0.497 e. The van der Waals surface area contributed by atoms with Crippen LogP contribution in [0.25, 0.3) is 0 Å². The molecule has 2 aromatic carbocycles. The zero-order valence-electron chi connectivity index (χ0n) is 18.8. The Morgan fingerprint density at radius 2 is 1.94 bits per heavy atom. The molecule has 1 amide bonds. The highest BCUT2D eigenvalue weighted by atomic mass is 32.2. The SMILES string of the molecule is COc1ccc([C@@H](CNC(=O)c2ccc3c(c2)SC2=NS(=O)(=O)CCN23)N2CCOCC2)cc1. The lowest BCUT2D eigenvalue weighted by atomic mass is 10.0. The predicted molar refractivity (Wildman–Crippen MR) is 131 cm³/mol. The van der Waals surface area contributed by atoms with Crippen LogP contribution >= 0.6 is 11.8 Å². The van der Waals surface area contributed by atoms with Crippen molar-refractivity contribution in [1.29, 1.82) is 0 Å². The summed E-state index contributed by atoms with van der Waals surface area (Å²) in [5.41, 5.74) is 2.52. The topological polar surface area (TPSA) is 101 Å². The Labute approximate surface area is 203 Å². The number of nitrogens with zero attached hydrogens (tertiary/aromatic N) is 3. The molecule has 1 saturated heterocycles. The Morgan fingerprint density at radius 1 is 1.18 bits per heavy atom. The van der Waals surface area contributed by atoms with Gasteiger partial charge in [-0.3, -0.25) is 9.69 Å². The minimum Gasteiger partial charge on any atom is -0.497 e. The maximum atomic E-state index is 13.1. The van der Waals surface area contributed by atoms with Gasteiger partial charge in [-0.25, -0.2) is 8.42 Å². The summed E-state index contributed by atoms with van der Waals surface area (Å²) in [4.78, 5) is 18.1. The van der Waals surface area contributed by atoms with Gasteiger partial charge in [-0.1, -0.05) is 12.1 Å². The number of carbonyl (C=O) groups excluding carboxylic acids is 1. The first-order valence-corrected chi connectivity index (χ1v) is 13.5. The second-order valence-electron chi connectivity index (χ2n) is 8.24. The van der Waals surface area contributed by atoms with Gasteiger partial charge in [-0.15, -0.1) is 4.40 Å². The minimum atomic E-state index is -3.42. The van der Waals surface area contributed by atoms with Gasteiger partial charge in [0.25, 0.3) is 15.9 Å². The normalized spacial score (nSPS) is 20.1. The Hall–Kier alpha value is -2.60. The molecule has 0 spiro atoms. The summed E-state index contributed by atoms with van der Waals surface area (Å²) in [5, 5.41) is 3.54. The van der Waals surface area contributed by atoms with Crippen molar-refractivity contribution in [3.8, 4) is 5.75 Å². The highest BCUT2D eigenvalue weighted by Crippen LogP contribution is 2.42. The van der Waals surface area contributed by atoms with Crippen molar-refractivity contribution >= 4 is 38.5 Å².